The second kappa shape index (κ2) is 7.40. The third kappa shape index (κ3) is 3.38. The first-order valence-corrected chi connectivity index (χ1v) is 8.87. The largest absolute Gasteiger partial charge is 0.505 e. The average molecular weight is 370 g/mol. The van der Waals surface area contributed by atoms with Crippen molar-refractivity contribution in [1.82, 2.24) is 4.98 Å². The number of nitrogens with zero attached hydrogens (tertiary/aromatic N) is 1. The molecule has 0 saturated heterocycles. The van der Waals surface area contributed by atoms with Crippen molar-refractivity contribution in [3.8, 4) is 5.75 Å². The Morgan fingerprint density at radius 1 is 0.893 bits per heavy atom. The molecule has 4 aromatic rings. The molecular weight excluding hydrogens is 352 g/mol. The second-order valence-corrected chi connectivity index (χ2v) is 6.46. The number of aromatic carboxylic acids is 1. The van der Waals surface area contributed by atoms with Crippen molar-refractivity contribution in [2.75, 3.05) is 5.32 Å². The van der Waals surface area contributed by atoms with Crippen LogP contribution in [0.15, 0.2) is 78.9 Å². The third-order valence-corrected chi connectivity index (χ3v) is 4.56. The molecule has 0 radical (unpaired) electrons. The van der Waals surface area contributed by atoms with E-state index in [2.05, 4.69) is 10.3 Å². The smallest absolute Gasteiger partial charge is 0.356 e. The lowest BCUT2D eigenvalue weighted by molar-refractivity contribution is 0.0691. The molecule has 0 saturated carbocycles. The zero-order valence-corrected chi connectivity index (χ0v) is 15.0. The van der Waals surface area contributed by atoms with Crippen molar-refractivity contribution in [2.24, 2.45) is 0 Å². The molecule has 0 fully saturated rings. The van der Waals surface area contributed by atoms with E-state index in [1.807, 2.05) is 60.7 Å². The normalized spacial score (nSPS) is 10.7. The van der Waals surface area contributed by atoms with E-state index in [9.17, 15) is 15.0 Å². The number of carbonyl (C=O) groups is 1. The van der Waals surface area contributed by atoms with E-state index in [0.29, 0.717) is 23.0 Å². The van der Waals surface area contributed by atoms with Crippen LogP contribution in [-0.2, 0) is 6.42 Å². The lowest BCUT2D eigenvalue weighted by Crippen LogP contribution is -2.07. The molecule has 28 heavy (non-hydrogen) atoms. The average Bonchev–Trinajstić information content (AvgIpc) is 2.72. The van der Waals surface area contributed by atoms with Crippen LogP contribution in [0.4, 0.5) is 11.4 Å². The Kier molecular flexibility index (Phi) is 4.64. The number of benzene rings is 3. The number of carboxylic acids is 1. The molecule has 3 aromatic carbocycles. The highest BCUT2D eigenvalue weighted by Gasteiger charge is 2.21. The molecule has 5 nitrogen and oxygen atoms in total. The highest BCUT2D eigenvalue weighted by Crippen LogP contribution is 2.37. The molecule has 0 bridgehead atoms. The lowest BCUT2D eigenvalue weighted by Gasteiger charge is -2.15. The molecule has 0 aliphatic rings. The van der Waals surface area contributed by atoms with Gasteiger partial charge in [0.25, 0.3) is 0 Å². The van der Waals surface area contributed by atoms with Gasteiger partial charge in [0.1, 0.15) is 5.69 Å². The summed E-state index contributed by atoms with van der Waals surface area (Å²) in [6.07, 6.45) is 0.592. The maximum Gasteiger partial charge on any atom is 0.356 e. The number of aromatic nitrogens is 1. The Balaban J connectivity index is 1.87. The highest BCUT2D eigenvalue weighted by atomic mass is 16.4. The van der Waals surface area contributed by atoms with Gasteiger partial charge in [0.2, 0.25) is 0 Å². The van der Waals surface area contributed by atoms with Gasteiger partial charge in [-0.15, -0.1) is 0 Å². The van der Waals surface area contributed by atoms with Gasteiger partial charge in [0.05, 0.1) is 5.52 Å². The Hall–Kier alpha value is -3.86. The number of nitrogens with one attached hydrogen (secondary N) is 1. The topological polar surface area (TPSA) is 82.5 Å². The second-order valence-electron chi connectivity index (χ2n) is 6.46. The number of aromatic hydroxyl groups is 1. The van der Waals surface area contributed by atoms with Gasteiger partial charge in [-0.05, 0) is 35.7 Å². The zero-order valence-electron chi connectivity index (χ0n) is 15.0. The van der Waals surface area contributed by atoms with Crippen molar-refractivity contribution in [2.45, 2.75) is 6.42 Å². The monoisotopic (exact) mass is 370 g/mol. The summed E-state index contributed by atoms with van der Waals surface area (Å²) >= 11 is 0. The third-order valence-electron chi connectivity index (χ3n) is 4.56. The molecule has 0 unspecified atom stereocenters. The SMILES string of the molecule is O=C(O)c1nc2c(Cc3ccccc3)cccc2c(O)c1Nc1ccccc1. The standard InChI is InChI=1S/C23H18N2O3/c26-22-18-13-7-10-16(14-15-8-3-1-4-9-15)19(18)25-21(23(27)28)20(22)24-17-11-5-2-6-12-17/h1-13,24H,14H2,(H,25,26)(H,27,28). The minimum Gasteiger partial charge on any atom is -0.505 e. The fraction of sp³-hybridized carbons (Fsp3) is 0.0435. The van der Waals surface area contributed by atoms with E-state index in [4.69, 9.17) is 0 Å². The predicted octanol–water partition coefficient (Wildman–Crippen LogP) is 4.97. The maximum absolute atomic E-state index is 11.9. The first-order chi connectivity index (χ1) is 13.6. The number of rotatable bonds is 5. The first-order valence-electron chi connectivity index (χ1n) is 8.87. The van der Waals surface area contributed by atoms with Gasteiger partial charge in [-0.1, -0.05) is 60.7 Å². The van der Waals surface area contributed by atoms with Crippen LogP contribution < -0.4 is 5.32 Å². The van der Waals surface area contributed by atoms with Crippen molar-refractivity contribution in [1.29, 1.82) is 0 Å². The minimum atomic E-state index is -1.20. The van der Waals surface area contributed by atoms with E-state index in [1.165, 1.54) is 0 Å². The predicted molar refractivity (Wildman–Crippen MR) is 109 cm³/mol. The summed E-state index contributed by atoms with van der Waals surface area (Å²) in [6, 6.07) is 24.4. The summed E-state index contributed by atoms with van der Waals surface area (Å²) in [6.45, 7) is 0. The van der Waals surface area contributed by atoms with E-state index in [1.54, 1.807) is 18.2 Å². The van der Waals surface area contributed by atoms with Crippen LogP contribution in [0.5, 0.6) is 5.75 Å². The summed E-state index contributed by atoms with van der Waals surface area (Å²) in [4.78, 5) is 16.3. The minimum absolute atomic E-state index is 0.0862. The molecule has 0 aliphatic carbocycles. The number of anilines is 2. The van der Waals surface area contributed by atoms with E-state index in [0.717, 1.165) is 11.1 Å². The summed E-state index contributed by atoms with van der Waals surface area (Å²) in [5.41, 5.74) is 2.96. The van der Waals surface area contributed by atoms with Crippen LogP contribution in [0.3, 0.4) is 0 Å². The Bertz CT molecular complexity index is 1140. The number of para-hydroxylation sites is 2. The van der Waals surface area contributed by atoms with Gasteiger partial charge >= 0.3 is 5.97 Å². The van der Waals surface area contributed by atoms with E-state index < -0.39 is 5.97 Å². The number of fused-ring (bicyclic) bond motifs is 1. The van der Waals surface area contributed by atoms with E-state index in [-0.39, 0.29) is 17.1 Å². The Morgan fingerprint density at radius 3 is 2.25 bits per heavy atom. The van der Waals surface area contributed by atoms with Crippen molar-refractivity contribution < 1.29 is 15.0 Å². The number of pyridine rings is 1. The molecule has 0 spiro atoms. The lowest BCUT2D eigenvalue weighted by atomic mass is 10.0. The molecule has 3 N–H and O–H groups in total. The molecule has 1 heterocycles. The van der Waals surface area contributed by atoms with Gasteiger partial charge in [0, 0.05) is 11.1 Å². The Labute approximate surface area is 161 Å². The van der Waals surface area contributed by atoms with Gasteiger partial charge in [-0.3, -0.25) is 0 Å². The number of hydrogen-bond acceptors (Lipinski definition) is 4. The molecule has 138 valence electrons. The Morgan fingerprint density at radius 2 is 1.57 bits per heavy atom. The van der Waals surface area contributed by atoms with Crippen LogP contribution in [0.2, 0.25) is 0 Å². The molecular formula is C23H18N2O3. The van der Waals surface area contributed by atoms with Gasteiger partial charge in [0.15, 0.2) is 11.4 Å². The van der Waals surface area contributed by atoms with E-state index >= 15 is 0 Å². The van der Waals surface area contributed by atoms with Crippen molar-refractivity contribution in [3.05, 3.63) is 95.7 Å². The van der Waals surface area contributed by atoms with Gasteiger partial charge < -0.3 is 15.5 Å². The summed E-state index contributed by atoms with van der Waals surface area (Å²) in [7, 11) is 0. The number of hydrogen-bond donors (Lipinski definition) is 3. The van der Waals surface area contributed by atoms with Crippen LogP contribution in [-0.4, -0.2) is 21.2 Å². The van der Waals surface area contributed by atoms with Crippen LogP contribution in [0, 0.1) is 0 Å². The molecule has 4 rings (SSSR count). The van der Waals surface area contributed by atoms with Crippen LogP contribution in [0.1, 0.15) is 21.6 Å². The van der Waals surface area contributed by atoms with Gasteiger partial charge in [-0.2, -0.15) is 0 Å². The molecule has 0 aliphatic heterocycles. The summed E-state index contributed by atoms with van der Waals surface area (Å²) < 4.78 is 0. The molecule has 0 atom stereocenters. The van der Waals surface area contributed by atoms with Gasteiger partial charge in [-0.25, -0.2) is 9.78 Å². The molecule has 5 heteroatoms. The zero-order chi connectivity index (χ0) is 19.5. The molecule has 1 aromatic heterocycles. The fourth-order valence-electron chi connectivity index (χ4n) is 3.23. The maximum atomic E-state index is 11.9. The van der Waals surface area contributed by atoms with Crippen molar-refractivity contribution >= 4 is 28.2 Å². The quantitative estimate of drug-likeness (QED) is 0.462. The summed E-state index contributed by atoms with van der Waals surface area (Å²) in [5, 5.41) is 24.1. The van der Waals surface area contributed by atoms with Crippen molar-refractivity contribution in [3.63, 3.8) is 0 Å². The van der Waals surface area contributed by atoms with Crippen LogP contribution in [0.25, 0.3) is 10.9 Å². The number of carboxylic acid groups (broad SMARTS) is 1. The first kappa shape index (κ1) is 17.5. The highest BCUT2D eigenvalue weighted by molar-refractivity contribution is 6.03. The summed E-state index contributed by atoms with van der Waals surface area (Å²) in [5.74, 6) is -1.33. The molecule has 0 amide bonds. The van der Waals surface area contributed by atoms with Crippen LogP contribution >= 0.6 is 0 Å². The fourth-order valence-corrected chi connectivity index (χ4v) is 3.23.